The summed E-state index contributed by atoms with van der Waals surface area (Å²) in [7, 11) is -4.35. The van der Waals surface area contributed by atoms with Gasteiger partial charge in [0.15, 0.2) is 17.3 Å². The summed E-state index contributed by atoms with van der Waals surface area (Å²) in [4.78, 5) is 9.43. The molecule has 0 saturated heterocycles. The number of aryl methyl sites for hydroxylation is 1. The molecule has 1 heterocycles. The molecule has 1 aromatic heterocycles. The van der Waals surface area contributed by atoms with Gasteiger partial charge in [-0.2, -0.15) is 5.10 Å². The van der Waals surface area contributed by atoms with Crippen LogP contribution in [0.2, 0.25) is 0 Å². The Kier molecular flexibility index (Phi) is 3.60. The van der Waals surface area contributed by atoms with E-state index in [1.807, 2.05) is 0 Å². The molecule has 0 unspecified atom stereocenters. The number of aromatic nitrogens is 2. The molecular weight excluding hydrogens is 310 g/mol. The van der Waals surface area contributed by atoms with Crippen LogP contribution in [0.1, 0.15) is 5.69 Å². The first-order valence-electron chi connectivity index (χ1n) is 5.39. The zero-order valence-electron chi connectivity index (χ0n) is 10.4. The van der Waals surface area contributed by atoms with E-state index in [4.69, 9.17) is 0 Å². The number of nitro groups is 1. The maximum absolute atomic E-state index is 13.7. The van der Waals surface area contributed by atoms with Crippen LogP contribution in [0, 0.1) is 28.7 Å². The van der Waals surface area contributed by atoms with Crippen LogP contribution in [-0.2, 0) is 10.0 Å². The number of hydrogen-bond acceptors (Lipinski definition) is 5. The van der Waals surface area contributed by atoms with E-state index in [-0.39, 0.29) is 10.6 Å². The SMILES string of the molecule is Cc1[nH]ncc1S(=O)(=O)Nc1c([N+](=O)[O-])ccc(F)c1F. The van der Waals surface area contributed by atoms with Crippen molar-refractivity contribution in [1.29, 1.82) is 0 Å². The summed E-state index contributed by atoms with van der Waals surface area (Å²) in [5.41, 5.74) is -1.83. The van der Waals surface area contributed by atoms with Crippen molar-refractivity contribution in [2.75, 3.05) is 4.72 Å². The van der Waals surface area contributed by atoms with Crippen molar-refractivity contribution in [2.45, 2.75) is 11.8 Å². The Hall–Kier alpha value is -2.56. The topological polar surface area (TPSA) is 118 Å². The Morgan fingerprint density at radius 1 is 1.38 bits per heavy atom. The molecule has 0 saturated carbocycles. The average Bonchev–Trinajstić information content (AvgIpc) is 2.81. The van der Waals surface area contributed by atoms with Crippen molar-refractivity contribution in [3.63, 3.8) is 0 Å². The predicted octanol–water partition coefficient (Wildman–Crippen LogP) is 1.71. The average molecular weight is 318 g/mol. The number of hydrogen-bond donors (Lipinski definition) is 2. The molecule has 21 heavy (non-hydrogen) atoms. The molecule has 2 N–H and O–H groups in total. The molecule has 0 radical (unpaired) electrons. The number of halogens is 2. The Bertz CT molecular complexity index is 818. The van der Waals surface area contributed by atoms with Crippen molar-refractivity contribution in [3.8, 4) is 0 Å². The molecule has 0 amide bonds. The van der Waals surface area contributed by atoms with Gasteiger partial charge in [0.2, 0.25) is 0 Å². The highest BCUT2D eigenvalue weighted by Crippen LogP contribution is 2.31. The van der Waals surface area contributed by atoms with Gasteiger partial charge in [-0.3, -0.25) is 19.9 Å². The molecule has 0 aliphatic rings. The Morgan fingerprint density at radius 3 is 2.57 bits per heavy atom. The maximum atomic E-state index is 13.7. The van der Waals surface area contributed by atoms with Gasteiger partial charge in [-0.1, -0.05) is 0 Å². The van der Waals surface area contributed by atoms with Crippen LogP contribution in [-0.4, -0.2) is 23.5 Å². The molecule has 1 aromatic carbocycles. The number of aromatic amines is 1. The second-order valence-corrected chi connectivity index (χ2v) is 5.63. The van der Waals surface area contributed by atoms with E-state index < -0.39 is 38.0 Å². The monoisotopic (exact) mass is 318 g/mol. The normalized spacial score (nSPS) is 11.4. The first-order chi connectivity index (χ1) is 9.74. The molecule has 0 spiro atoms. The van der Waals surface area contributed by atoms with Crippen LogP contribution in [0.5, 0.6) is 0 Å². The Balaban J connectivity index is 2.56. The number of H-pyrrole nitrogens is 1. The van der Waals surface area contributed by atoms with E-state index >= 15 is 0 Å². The lowest BCUT2D eigenvalue weighted by Gasteiger charge is -2.09. The number of nitro benzene ring substituents is 1. The zero-order valence-corrected chi connectivity index (χ0v) is 11.2. The summed E-state index contributed by atoms with van der Waals surface area (Å²) < 4.78 is 52.6. The minimum absolute atomic E-state index is 0.141. The lowest BCUT2D eigenvalue weighted by molar-refractivity contribution is -0.384. The van der Waals surface area contributed by atoms with Crippen molar-refractivity contribution in [3.05, 3.63) is 45.8 Å². The number of benzene rings is 1. The van der Waals surface area contributed by atoms with Crippen molar-refractivity contribution in [1.82, 2.24) is 10.2 Å². The van der Waals surface area contributed by atoms with Crippen LogP contribution < -0.4 is 4.72 Å². The summed E-state index contributed by atoms with van der Waals surface area (Å²) in [5, 5.41) is 16.6. The highest BCUT2D eigenvalue weighted by Gasteiger charge is 2.28. The molecule has 2 rings (SSSR count). The van der Waals surface area contributed by atoms with Crippen molar-refractivity contribution >= 4 is 21.4 Å². The molecule has 0 fully saturated rings. The number of nitrogens with one attached hydrogen (secondary N) is 2. The summed E-state index contributed by atoms with van der Waals surface area (Å²) >= 11 is 0. The van der Waals surface area contributed by atoms with Crippen molar-refractivity contribution < 1.29 is 22.1 Å². The Morgan fingerprint density at radius 2 is 2.05 bits per heavy atom. The molecule has 0 aliphatic heterocycles. The van der Waals surface area contributed by atoms with Crippen LogP contribution in [0.25, 0.3) is 0 Å². The third kappa shape index (κ3) is 2.67. The fourth-order valence-electron chi connectivity index (χ4n) is 1.59. The van der Waals surface area contributed by atoms with Crippen LogP contribution in [0.15, 0.2) is 23.2 Å². The highest BCUT2D eigenvalue weighted by atomic mass is 32.2. The summed E-state index contributed by atoms with van der Waals surface area (Å²) in [5.74, 6) is -3.07. The van der Waals surface area contributed by atoms with Gasteiger partial charge in [-0.25, -0.2) is 17.2 Å². The second-order valence-electron chi connectivity index (χ2n) is 3.98. The van der Waals surface area contributed by atoms with Crippen LogP contribution in [0.4, 0.5) is 20.2 Å². The smallest absolute Gasteiger partial charge is 0.281 e. The molecule has 112 valence electrons. The molecule has 0 atom stereocenters. The highest BCUT2D eigenvalue weighted by molar-refractivity contribution is 7.92. The zero-order chi connectivity index (χ0) is 15.8. The molecule has 2 aromatic rings. The van der Waals surface area contributed by atoms with Crippen molar-refractivity contribution in [2.24, 2.45) is 0 Å². The predicted molar refractivity (Wildman–Crippen MR) is 67.1 cm³/mol. The minimum Gasteiger partial charge on any atom is -0.281 e. The minimum atomic E-state index is -4.35. The van der Waals surface area contributed by atoms with Gasteiger partial charge in [-0.15, -0.1) is 0 Å². The second kappa shape index (κ2) is 5.09. The van der Waals surface area contributed by atoms with Crippen LogP contribution >= 0.6 is 0 Å². The molecule has 8 nitrogen and oxygen atoms in total. The summed E-state index contributed by atoms with van der Waals surface area (Å²) in [6.07, 6.45) is 0.945. The lowest BCUT2D eigenvalue weighted by atomic mass is 10.2. The number of anilines is 1. The third-order valence-corrected chi connectivity index (χ3v) is 4.04. The number of sulfonamides is 1. The van der Waals surface area contributed by atoms with Gasteiger partial charge < -0.3 is 0 Å². The molecule has 0 aliphatic carbocycles. The molecular formula is C10H8F2N4O4S. The maximum Gasteiger partial charge on any atom is 0.296 e. The number of rotatable bonds is 4. The van der Waals surface area contributed by atoms with Crippen LogP contribution in [0.3, 0.4) is 0 Å². The third-order valence-electron chi connectivity index (χ3n) is 2.58. The fourth-order valence-corrected chi connectivity index (χ4v) is 2.80. The lowest BCUT2D eigenvalue weighted by Crippen LogP contribution is -2.16. The van der Waals surface area contributed by atoms with E-state index in [2.05, 4.69) is 10.2 Å². The summed E-state index contributed by atoms with van der Waals surface area (Å²) in [6, 6.07) is 1.20. The number of nitrogens with zero attached hydrogens (tertiary/aromatic N) is 2. The van der Waals surface area contributed by atoms with E-state index in [9.17, 15) is 27.3 Å². The van der Waals surface area contributed by atoms with Gasteiger partial charge in [0, 0.05) is 6.07 Å². The quantitative estimate of drug-likeness (QED) is 0.657. The molecule has 11 heteroatoms. The largest absolute Gasteiger partial charge is 0.296 e. The van der Waals surface area contributed by atoms with Gasteiger partial charge in [0.1, 0.15) is 4.90 Å². The van der Waals surface area contributed by atoms with Gasteiger partial charge in [0.25, 0.3) is 15.7 Å². The van der Waals surface area contributed by atoms with E-state index in [0.717, 1.165) is 6.20 Å². The fraction of sp³-hybridized carbons (Fsp3) is 0.100. The van der Waals surface area contributed by atoms with Gasteiger partial charge >= 0.3 is 0 Å². The summed E-state index contributed by atoms with van der Waals surface area (Å²) in [6.45, 7) is 1.39. The first-order valence-corrected chi connectivity index (χ1v) is 6.87. The standard InChI is InChI=1S/C10H8F2N4O4S/c1-5-8(4-13-14-5)21(19,20)15-10-7(16(17)18)3-2-6(11)9(10)12/h2-4,15H,1H3,(H,13,14). The van der Waals surface area contributed by atoms with Gasteiger partial charge in [0.05, 0.1) is 16.8 Å². The first kappa shape index (κ1) is 14.8. The van der Waals surface area contributed by atoms with Gasteiger partial charge in [-0.05, 0) is 13.0 Å². The Labute approximate surface area is 117 Å². The van der Waals surface area contributed by atoms with E-state index in [1.54, 1.807) is 4.72 Å². The van der Waals surface area contributed by atoms with E-state index in [0.29, 0.717) is 12.1 Å². The van der Waals surface area contributed by atoms with E-state index in [1.165, 1.54) is 6.92 Å². The molecule has 0 bridgehead atoms.